The topological polar surface area (TPSA) is 99.0 Å². The van der Waals surface area contributed by atoms with Gasteiger partial charge in [0.15, 0.2) is 0 Å². The van der Waals surface area contributed by atoms with Crippen molar-refractivity contribution in [1.29, 1.82) is 0 Å². The van der Waals surface area contributed by atoms with Gasteiger partial charge in [0.25, 0.3) is 0 Å². The zero-order valence-corrected chi connectivity index (χ0v) is 12.2. The Hall–Kier alpha value is -2.41. The molecule has 0 saturated heterocycles. The Bertz CT molecular complexity index is 634. The summed E-state index contributed by atoms with van der Waals surface area (Å²) in [5.41, 5.74) is 8.10. The molecule has 7 heteroatoms. The van der Waals surface area contributed by atoms with Gasteiger partial charge in [-0.15, -0.1) is 0 Å². The molecule has 7 nitrogen and oxygen atoms in total. The molecule has 2 aromatic rings. The van der Waals surface area contributed by atoms with Crippen LogP contribution in [0.1, 0.15) is 23.7 Å². The Morgan fingerprint density at radius 2 is 1.95 bits per heavy atom. The Kier molecular flexibility index (Phi) is 4.54. The molecule has 3 N–H and O–H groups in total. The van der Waals surface area contributed by atoms with Crippen molar-refractivity contribution >= 4 is 11.5 Å². The van der Waals surface area contributed by atoms with E-state index in [0.29, 0.717) is 31.1 Å². The molecule has 2 rings (SSSR count). The molecular weight excluding hydrogens is 270 g/mol. The molecule has 0 aliphatic heterocycles. The highest BCUT2D eigenvalue weighted by Crippen LogP contribution is 2.28. The van der Waals surface area contributed by atoms with Crippen molar-refractivity contribution in [2.24, 2.45) is 5.73 Å². The minimum absolute atomic E-state index is 0.0374. The van der Waals surface area contributed by atoms with Crippen LogP contribution in [0.3, 0.4) is 0 Å². The van der Waals surface area contributed by atoms with E-state index in [0.717, 1.165) is 11.1 Å². The number of hydrogen-bond donors (Lipinski definition) is 2. The van der Waals surface area contributed by atoms with Crippen LogP contribution >= 0.6 is 0 Å². The zero-order chi connectivity index (χ0) is 15.4. The van der Waals surface area contributed by atoms with Gasteiger partial charge in [-0.2, -0.15) is 5.10 Å². The van der Waals surface area contributed by atoms with Crippen LogP contribution in [0.25, 0.3) is 0 Å². The van der Waals surface area contributed by atoms with Crippen LogP contribution in [-0.4, -0.2) is 14.7 Å². The van der Waals surface area contributed by atoms with Gasteiger partial charge in [-0.25, -0.2) is 4.68 Å². The lowest BCUT2D eigenvalue weighted by molar-refractivity contribution is -0.384. The van der Waals surface area contributed by atoms with E-state index in [4.69, 9.17) is 5.73 Å². The predicted octanol–water partition coefficient (Wildman–Crippen LogP) is 2.19. The van der Waals surface area contributed by atoms with Crippen LogP contribution in [0.4, 0.5) is 11.5 Å². The summed E-state index contributed by atoms with van der Waals surface area (Å²) >= 11 is 0. The molecule has 0 saturated carbocycles. The number of rotatable bonds is 6. The molecule has 0 unspecified atom stereocenters. The summed E-state index contributed by atoms with van der Waals surface area (Å²) in [6.07, 6.45) is 0. The lowest BCUT2D eigenvalue weighted by atomic mass is 10.1. The largest absolute Gasteiger partial charge is 0.360 e. The van der Waals surface area contributed by atoms with E-state index >= 15 is 0 Å². The standard InChI is InChI=1S/C14H19N5O2/c1-3-18-14(13(19(20)21)10(2)17-18)16-9-12-6-4-11(8-15)5-7-12/h4-7,16H,3,8-9,15H2,1-2H3. The number of hydrogen-bond acceptors (Lipinski definition) is 5. The number of nitrogens with two attached hydrogens (primary N) is 1. The summed E-state index contributed by atoms with van der Waals surface area (Å²) in [7, 11) is 0. The molecule has 1 aromatic carbocycles. The molecule has 0 aliphatic carbocycles. The molecule has 0 amide bonds. The molecule has 0 radical (unpaired) electrons. The predicted molar refractivity (Wildman–Crippen MR) is 81.0 cm³/mol. The van der Waals surface area contributed by atoms with Crippen molar-refractivity contribution in [2.45, 2.75) is 33.5 Å². The third-order valence-corrected chi connectivity index (χ3v) is 3.30. The van der Waals surface area contributed by atoms with Crippen LogP contribution in [0.5, 0.6) is 0 Å². The van der Waals surface area contributed by atoms with E-state index in [2.05, 4.69) is 10.4 Å². The van der Waals surface area contributed by atoms with E-state index in [-0.39, 0.29) is 5.69 Å². The third-order valence-electron chi connectivity index (χ3n) is 3.30. The average Bonchev–Trinajstić information content (AvgIpc) is 2.81. The summed E-state index contributed by atoms with van der Waals surface area (Å²) in [4.78, 5) is 10.8. The Morgan fingerprint density at radius 3 is 2.48 bits per heavy atom. The fourth-order valence-electron chi connectivity index (χ4n) is 2.17. The second kappa shape index (κ2) is 6.36. The van der Waals surface area contributed by atoms with Gasteiger partial charge in [0.05, 0.1) is 4.92 Å². The first-order chi connectivity index (χ1) is 10.1. The highest BCUT2D eigenvalue weighted by atomic mass is 16.6. The summed E-state index contributed by atoms with van der Waals surface area (Å²) in [6, 6.07) is 7.82. The lowest BCUT2D eigenvalue weighted by Gasteiger charge is -2.08. The minimum Gasteiger partial charge on any atom is -0.360 e. The van der Waals surface area contributed by atoms with Crippen molar-refractivity contribution in [3.8, 4) is 0 Å². The Balaban J connectivity index is 2.20. The zero-order valence-electron chi connectivity index (χ0n) is 12.2. The molecule has 1 aromatic heterocycles. The lowest BCUT2D eigenvalue weighted by Crippen LogP contribution is -2.08. The molecule has 1 heterocycles. The van der Waals surface area contributed by atoms with Gasteiger partial charge in [-0.05, 0) is 25.0 Å². The van der Waals surface area contributed by atoms with Gasteiger partial charge < -0.3 is 11.1 Å². The molecule has 0 spiro atoms. The number of nitro groups is 1. The first-order valence-corrected chi connectivity index (χ1v) is 6.80. The van der Waals surface area contributed by atoms with Crippen LogP contribution in [-0.2, 0) is 19.6 Å². The quantitative estimate of drug-likeness (QED) is 0.627. The summed E-state index contributed by atoms with van der Waals surface area (Å²) < 4.78 is 1.61. The van der Waals surface area contributed by atoms with Crippen LogP contribution in [0.15, 0.2) is 24.3 Å². The highest BCUT2D eigenvalue weighted by molar-refractivity contribution is 5.59. The fraction of sp³-hybridized carbons (Fsp3) is 0.357. The molecule has 112 valence electrons. The van der Waals surface area contributed by atoms with Crippen LogP contribution in [0.2, 0.25) is 0 Å². The summed E-state index contributed by atoms with van der Waals surface area (Å²) in [5, 5.41) is 18.5. The van der Waals surface area contributed by atoms with E-state index in [1.807, 2.05) is 31.2 Å². The minimum atomic E-state index is -0.394. The maximum Gasteiger partial charge on any atom is 0.333 e. The normalized spacial score (nSPS) is 10.6. The molecule has 0 bridgehead atoms. The SMILES string of the molecule is CCn1nc(C)c([N+](=O)[O-])c1NCc1ccc(CN)cc1. The summed E-state index contributed by atoms with van der Waals surface area (Å²) in [6.45, 7) is 5.11. The number of benzene rings is 1. The van der Waals surface area contributed by atoms with Gasteiger partial charge in [0.2, 0.25) is 5.82 Å². The van der Waals surface area contributed by atoms with Gasteiger partial charge in [-0.1, -0.05) is 24.3 Å². The number of anilines is 1. The average molecular weight is 289 g/mol. The first kappa shape index (κ1) is 15.0. The molecule has 21 heavy (non-hydrogen) atoms. The second-order valence-corrected chi connectivity index (χ2v) is 4.73. The van der Waals surface area contributed by atoms with Crippen molar-refractivity contribution < 1.29 is 4.92 Å². The maximum absolute atomic E-state index is 11.2. The second-order valence-electron chi connectivity index (χ2n) is 4.73. The molecule has 0 atom stereocenters. The molecule has 0 fully saturated rings. The number of aromatic nitrogens is 2. The maximum atomic E-state index is 11.2. The number of nitrogens with zero attached hydrogens (tertiary/aromatic N) is 3. The first-order valence-electron chi connectivity index (χ1n) is 6.80. The van der Waals surface area contributed by atoms with Crippen molar-refractivity contribution in [2.75, 3.05) is 5.32 Å². The van der Waals surface area contributed by atoms with E-state index < -0.39 is 4.92 Å². The van der Waals surface area contributed by atoms with Gasteiger partial charge in [0.1, 0.15) is 5.69 Å². The van der Waals surface area contributed by atoms with Crippen molar-refractivity contribution in [3.05, 3.63) is 51.2 Å². The smallest absolute Gasteiger partial charge is 0.333 e. The number of aryl methyl sites for hydroxylation is 2. The fourth-order valence-corrected chi connectivity index (χ4v) is 2.17. The molecular formula is C14H19N5O2. The van der Waals surface area contributed by atoms with Gasteiger partial charge in [0, 0.05) is 19.6 Å². The van der Waals surface area contributed by atoms with Crippen LogP contribution < -0.4 is 11.1 Å². The molecule has 0 aliphatic rings. The summed E-state index contributed by atoms with van der Waals surface area (Å²) in [5.74, 6) is 0.447. The van der Waals surface area contributed by atoms with Gasteiger partial charge in [-0.3, -0.25) is 10.1 Å². The Morgan fingerprint density at radius 1 is 1.33 bits per heavy atom. The monoisotopic (exact) mass is 289 g/mol. The van der Waals surface area contributed by atoms with E-state index in [9.17, 15) is 10.1 Å². The van der Waals surface area contributed by atoms with Crippen molar-refractivity contribution in [1.82, 2.24) is 9.78 Å². The number of nitrogens with one attached hydrogen (secondary N) is 1. The third kappa shape index (κ3) is 3.19. The van der Waals surface area contributed by atoms with Crippen molar-refractivity contribution in [3.63, 3.8) is 0 Å². The van der Waals surface area contributed by atoms with E-state index in [1.165, 1.54) is 0 Å². The van der Waals surface area contributed by atoms with Crippen LogP contribution in [0, 0.1) is 17.0 Å². The van der Waals surface area contributed by atoms with E-state index in [1.54, 1.807) is 11.6 Å². The van der Waals surface area contributed by atoms with Gasteiger partial charge >= 0.3 is 5.69 Å². The highest BCUT2D eigenvalue weighted by Gasteiger charge is 2.24. The Labute approximate surface area is 122 Å².